The van der Waals surface area contributed by atoms with Gasteiger partial charge in [-0.2, -0.15) is 0 Å². The number of benzene rings is 1. The molecular formula is C18H28ClN3OS. The Balaban J connectivity index is 0.00000100. The predicted molar refractivity (Wildman–Crippen MR) is 105 cm³/mol. The number of halogens is 1. The standard InChI is InChI=1S/C16H22ClN3OS.C2H6/c17-15-7-12(9-18)16(19)8-14(15)11-1-4-20(5-2-11)13-3-6-22(21)10-13;1-2/h7-9,11,13,18H,1-6,10,19H2;1-2H3. The number of hydrogen-bond donors (Lipinski definition) is 2. The molecule has 6 heteroatoms. The summed E-state index contributed by atoms with van der Waals surface area (Å²) in [7, 11) is -0.610. The van der Waals surface area contributed by atoms with E-state index in [0.717, 1.165) is 49.4 Å². The van der Waals surface area contributed by atoms with Crippen molar-refractivity contribution < 1.29 is 4.21 Å². The highest BCUT2D eigenvalue weighted by atomic mass is 35.5. The molecule has 134 valence electrons. The Bertz CT molecular complexity index is 600. The van der Waals surface area contributed by atoms with Gasteiger partial charge in [0.1, 0.15) is 0 Å². The molecule has 2 aliphatic rings. The first-order chi connectivity index (χ1) is 11.6. The van der Waals surface area contributed by atoms with Crippen LogP contribution in [0.2, 0.25) is 5.02 Å². The number of nitrogens with zero attached hydrogens (tertiary/aromatic N) is 1. The van der Waals surface area contributed by atoms with Gasteiger partial charge in [-0.1, -0.05) is 25.4 Å². The summed E-state index contributed by atoms with van der Waals surface area (Å²) in [5.74, 6) is 2.13. The van der Waals surface area contributed by atoms with Gasteiger partial charge in [-0.3, -0.25) is 9.11 Å². The summed E-state index contributed by atoms with van der Waals surface area (Å²) in [4.78, 5) is 2.49. The smallest absolute Gasteiger partial charge is 0.0448 e. The largest absolute Gasteiger partial charge is 0.398 e. The van der Waals surface area contributed by atoms with Crippen LogP contribution in [0.25, 0.3) is 0 Å². The summed E-state index contributed by atoms with van der Waals surface area (Å²) >= 11 is 6.38. The maximum atomic E-state index is 11.6. The van der Waals surface area contributed by atoms with Gasteiger partial charge in [0.25, 0.3) is 0 Å². The third kappa shape index (κ3) is 4.38. The molecule has 1 aromatic carbocycles. The van der Waals surface area contributed by atoms with Gasteiger partial charge in [0.2, 0.25) is 0 Å². The number of anilines is 1. The highest BCUT2D eigenvalue weighted by Crippen LogP contribution is 2.36. The molecule has 0 radical (unpaired) electrons. The Labute approximate surface area is 152 Å². The van der Waals surface area contributed by atoms with Crippen molar-refractivity contribution >= 4 is 34.3 Å². The quantitative estimate of drug-likeness (QED) is 0.631. The lowest BCUT2D eigenvalue weighted by molar-refractivity contribution is 0.165. The van der Waals surface area contributed by atoms with Gasteiger partial charge in [0.05, 0.1) is 0 Å². The Morgan fingerprint density at radius 2 is 1.96 bits per heavy atom. The van der Waals surface area contributed by atoms with Crippen LogP contribution in [-0.4, -0.2) is 46.0 Å². The van der Waals surface area contributed by atoms with Crippen LogP contribution in [0.4, 0.5) is 5.69 Å². The number of piperidine rings is 1. The lowest BCUT2D eigenvalue weighted by Gasteiger charge is -2.36. The van der Waals surface area contributed by atoms with Crippen molar-refractivity contribution in [3.8, 4) is 0 Å². The van der Waals surface area contributed by atoms with Crippen LogP contribution in [0.1, 0.15) is 50.2 Å². The van der Waals surface area contributed by atoms with Crippen molar-refractivity contribution in [1.29, 1.82) is 5.41 Å². The maximum absolute atomic E-state index is 11.6. The van der Waals surface area contributed by atoms with E-state index in [9.17, 15) is 4.21 Å². The minimum absolute atomic E-state index is 0.428. The molecule has 0 spiro atoms. The molecule has 3 N–H and O–H groups in total. The first kappa shape index (κ1) is 19.4. The molecule has 1 aromatic rings. The molecule has 2 atom stereocenters. The summed E-state index contributed by atoms with van der Waals surface area (Å²) in [6.45, 7) is 6.07. The zero-order valence-electron chi connectivity index (χ0n) is 14.6. The number of nitrogens with two attached hydrogens (primary N) is 1. The van der Waals surface area contributed by atoms with E-state index in [1.54, 1.807) is 6.07 Å². The third-order valence-corrected chi connectivity index (χ3v) is 6.68. The lowest BCUT2D eigenvalue weighted by Crippen LogP contribution is -2.41. The number of nitrogens with one attached hydrogen (secondary N) is 1. The van der Waals surface area contributed by atoms with E-state index in [4.69, 9.17) is 22.7 Å². The average molecular weight is 370 g/mol. The van der Waals surface area contributed by atoms with Crippen molar-refractivity contribution in [3.05, 3.63) is 28.3 Å². The molecule has 0 amide bonds. The molecule has 2 heterocycles. The second kappa shape index (κ2) is 8.97. The average Bonchev–Trinajstić information content (AvgIpc) is 3.05. The maximum Gasteiger partial charge on any atom is 0.0448 e. The highest BCUT2D eigenvalue weighted by molar-refractivity contribution is 7.85. The number of hydrogen-bond acceptors (Lipinski definition) is 4. The van der Waals surface area contributed by atoms with E-state index in [-0.39, 0.29) is 0 Å². The summed E-state index contributed by atoms with van der Waals surface area (Å²) in [5, 5.41) is 8.06. The minimum Gasteiger partial charge on any atom is -0.398 e. The molecule has 2 saturated heterocycles. The molecular weight excluding hydrogens is 342 g/mol. The van der Waals surface area contributed by atoms with Gasteiger partial charge in [0.15, 0.2) is 0 Å². The summed E-state index contributed by atoms with van der Waals surface area (Å²) in [6.07, 6.45) is 4.44. The van der Waals surface area contributed by atoms with Crippen LogP contribution < -0.4 is 5.73 Å². The van der Waals surface area contributed by atoms with Gasteiger partial charge in [0, 0.05) is 50.8 Å². The van der Waals surface area contributed by atoms with Gasteiger partial charge in [-0.05, 0) is 56.0 Å². The third-order valence-electron chi connectivity index (χ3n) is 4.90. The minimum atomic E-state index is -0.610. The first-order valence-electron chi connectivity index (χ1n) is 8.77. The van der Waals surface area contributed by atoms with E-state index in [1.165, 1.54) is 6.21 Å². The molecule has 0 aliphatic carbocycles. The molecule has 2 unspecified atom stereocenters. The van der Waals surface area contributed by atoms with Crippen LogP contribution in [0.15, 0.2) is 12.1 Å². The molecule has 24 heavy (non-hydrogen) atoms. The van der Waals surface area contributed by atoms with Crippen molar-refractivity contribution in [2.24, 2.45) is 0 Å². The van der Waals surface area contributed by atoms with Crippen LogP contribution in [0.3, 0.4) is 0 Å². The molecule has 0 bridgehead atoms. The molecule has 3 rings (SSSR count). The van der Waals surface area contributed by atoms with E-state index in [0.29, 0.717) is 28.2 Å². The van der Waals surface area contributed by atoms with Crippen LogP contribution in [0, 0.1) is 5.41 Å². The Morgan fingerprint density at radius 3 is 2.50 bits per heavy atom. The zero-order valence-corrected chi connectivity index (χ0v) is 16.1. The molecule has 2 aliphatic heterocycles. The normalized spacial score (nSPS) is 25.1. The van der Waals surface area contributed by atoms with Gasteiger partial charge in [-0.25, -0.2) is 0 Å². The lowest BCUT2D eigenvalue weighted by atomic mass is 9.88. The number of nitrogen functional groups attached to an aromatic ring is 1. The summed E-state index contributed by atoms with van der Waals surface area (Å²) in [5.41, 5.74) is 8.41. The number of likely N-dealkylation sites (tertiary alicyclic amines) is 1. The Hall–Kier alpha value is -0.910. The van der Waals surface area contributed by atoms with Crippen LogP contribution >= 0.6 is 11.6 Å². The highest BCUT2D eigenvalue weighted by Gasteiger charge is 2.31. The fourth-order valence-electron chi connectivity index (χ4n) is 3.57. The first-order valence-corrected chi connectivity index (χ1v) is 10.6. The SMILES string of the molecule is CC.N=Cc1cc(Cl)c(C2CCN(C3CCS(=O)C3)CC2)cc1N. The topological polar surface area (TPSA) is 70.2 Å². The Morgan fingerprint density at radius 1 is 1.29 bits per heavy atom. The number of rotatable bonds is 3. The van der Waals surface area contributed by atoms with Gasteiger partial charge < -0.3 is 11.1 Å². The van der Waals surface area contributed by atoms with Crippen molar-refractivity contribution in [3.63, 3.8) is 0 Å². The van der Waals surface area contributed by atoms with Crippen molar-refractivity contribution in [2.45, 2.75) is 45.1 Å². The van der Waals surface area contributed by atoms with Crippen LogP contribution in [-0.2, 0) is 10.8 Å². The molecule has 0 aromatic heterocycles. The van der Waals surface area contributed by atoms with E-state index in [2.05, 4.69) is 4.90 Å². The fourth-order valence-corrected chi connectivity index (χ4v) is 5.41. The summed E-state index contributed by atoms with van der Waals surface area (Å²) < 4.78 is 11.6. The van der Waals surface area contributed by atoms with Crippen molar-refractivity contribution in [2.75, 3.05) is 30.3 Å². The second-order valence-corrected chi connectivity index (χ2v) is 8.24. The Kier molecular flexibility index (Phi) is 7.26. The summed E-state index contributed by atoms with van der Waals surface area (Å²) in [6, 6.07) is 4.24. The monoisotopic (exact) mass is 369 g/mol. The van der Waals surface area contributed by atoms with Gasteiger partial charge >= 0.3 is 0 Å². The molecule has 2 fully saturated rings. The van der Waals surface area contributed by atoms with Crippen molar-refractivity contribution in [1.82, 2.24) is 4.90 Å². The van der Waals surface area contributed by atoms with E-state index >= 15 is 0 Å². The predicted octanol–water partition coefficient (Wildman–Crippen LogP) is 3.65. The van der Waals surface area contributed by atoms with E-state index < -0.39 is 10.8 Å². The van der Waals surface area contributed by atoms with E-state index in [1.807, 2.05) is 19.9 Å². The van der Waals surface area contributed by atoms with Crippen LogP contribution in [0.5, 0.6) is 0 Å². The molecule has 0 saturated carbocycles. The molecule has 4 nitrogen and oxygen atoms in total. The van der Waals surface area contributed by atoms with Gasteiger partial charge in [-0.15, -0.1) is 0 Å². The second-order valence-electron chi connectivity index (χ2n) is 6.21. The fraction of sp³-hybridized carbons (Fsp3) is 0.611. The zero-order chi connectivity index (χ0) is 17.7.